The lowest BCUT2D eigenvalue weighted by Crippen LogP contribution is -2.12. The van der Waals surface area contributed by atoms with E-state index in [-0.39, 0.29) is 22.0 Å². The van der Waals surface area contributed by atoms with Gasteiger partial charge in [0.25, 0.3) is 5.91 Å². The molecule has 3 aromatic rings. The Morgan fingerprint density at radius 2 is 2.12 bits per heavy atom. The van der Waals surface area contributed by atoms with Gasteiger partial charge in [0.15, 0.2) is 5.13 Å². The fraction of sp³-hybridized carbons (Fsp3) is 0.0667. The summed E-state index contributed by atoms with van der Waals surface area (Å²) in [5.74, 6) is -1.22. The normalized spacial score (nSPS) is 10.6. The standard InChI is InChI=1S/C15H10ClN3O4S/c1-23-12-5-8(9(16)6-17-12)13(20)19-15-18-10-3-2-7(14(21)22)4-11(10)24-15/h2-6H,1H3,(H,21,22)(H,18,19,20). The summed E-state index contributed by atoms with van der Waals surface area (Å²) in [5, 5.41) is 12.2. The van der Waals surface area contributed by atoms with E-state index in [9.17, 15) is 9.59 Å². The van der Waals surface area contributed by atoms with Crippen LogP contribution in [0.2, 0.25) is 5.02 Å². The van der Waals surface area contributed by atoms with Gasteiger partial charge in [-0.2, -0.15) is 0 Å². The SMILES string of the molecule is COc1cc(C(=O)Nc2nc3ccc(C(=O)O)cc3s2)c(Cl)cn1. The van der Waals surface area contributed by atoms with E-state index < -0.39 is 11.9 Å². The largest absolute Gasteiger partial charge is 0.481 e. The van der Waals surface area contributed by atoms with Crippen LogP contribution in [0.15, 0.2) is 30.5 Å². The number of aromatic carboxylic acids is 1. The molecule has 0 spiro atoms. The number of ether oxygens (including phenoxy) is 1. The lowest BCUT2D eigenvalue weighted by Gasteiger charge is -2.05. The van der Waals surface area contributed by atoms with Gasteiger partial charge in [-0.1, -0.05) is 22.9 Å². The first-order chi connectivity index (χ1) is 11.5. The van der Waals surface area contributed by atoms with Gasteiger partial charge in [-0.25, -0.2) is 14.8 Å². The van der Waals surface area contributed by atoms with E-state index in [0.717, 1.165) is 0 Å². The molecule has 0 fully saturated rings. The van der Waals surface area contributed by atoms with Crippen molar-refractivity contribution in [2.24, 2.45) is 0 Å². The second-order valence-electron chi connectivity index (χ2n) is 4.67. The number of hydrogen-bond donors (Lipinski definition) is 2. The summed E-state index contributed by atoms with van der Waals surface area (Å²) in [6.45, 7) is 0. The van der Waals surface area contributed by atoms with Crippen LogP contribution in [0.3, 0.4) is 0 Å². The van der Waals surface area contributed by atoms with Crippen LogP contribution >= 0.6 is 22.9 Å². The molecule has 0 bridgehead atoms. The number of benzene rings is 1. The molecular formula is C15H10ClN3O4S. The zero-order valence-electron chi connectivity index (χ0n) is 12.2. The predicted molar refractivity (Wildman–Crippen MR) is 90.3 cm³/mol. The van der Waals surface area contributed by atoms with Crippen LogP contribution in [0.25, 0.3) is 10.2 Å². The highest BCUT2D eigenvalue weighted by Gasteiger charge is 2.15. The van der Waals surface area contributed by atoms with Gasteiger partial charge in [0.05, 0.1) is 39.7 Å². The number of anilines is 1. The van der Waals surface area contributed by atoms with Crippen molar-refractivity contribution in [2.45, 2.75) is 0 Å². The Kier molecular flexibility index (Phi) is 4.32. The number of nitrogens with zero attached hydrogens (tertiary/aromatic N) is 2. The molecule has 1 amide bonds. The molecule has 3 rings (SSSR count). The highest BCUT2D eigenvalue weighted by molar-refractivity contribution is 7.22. The maximum atomic E-state index is 12.3. The molecule has 0 saturated carbocycles. The number of carbonyl (C=O) groups is 2. The summed E-state index contributed by atoms with van der Waals surface area (Å²) in [4.78, 5) is 31.5. The van der Waals surface area contributed by atoms with E-state index in [0.29, 0.717) is 15.3 Å². The summed E-state index contributed by atoms with van der Waals surface area (Å²) in [6.07, 6.45) is 1.33. The number of methoxy groups -OCH3 is 1. The van der Waals surface area contributed by atoms with Crippen LogP contribution in [-0.4, -0.2) is 34.1 Å². The molecule has 0 aliphatic carbocycles. The average Bonchev–Trinajstić information content (AvgIpc) is 2.96. The monoisotopic (exact) mass is 363 g/mol. The Balaban J connectivity index is 1.89. The molecule has 9 heteroatoms. The number of carboxylic acids is 1. The van der Waals surface area contributed by atoms with Gasteiger partial charge in [0, 0.05) is 6.07 Å². The van der Waals surface area contributed by atoms with Gasteiger partial charge in [-0.3, -0.25) is 10.1 Å². The summed E-state index contributed by atoms with van der Waals surface area (Å²) >= 11 is 7.16. The molecule has 0 radical (unpaired) electrons. The Hall–Kier alpha value is -2.71. The maximum Gasteiger partial charge on any atom is 0.335 e. The van der Waals surface area contributed by atoms with Gasteiger partial charge in [0.1, 0.15) is 0 Å². The number of fused-ring (bicyclic) bond motifs is 1. The Morgan fingerprint density at radius 3 is 2.83 bits per heavy atom. The third kappa shape index (κ3) is 3.15. The third-order valence-corrected chi connectivity index (χ3v) is 4.37. The Morgan fingerprint density at radius 1 is 1.33 bits per heavy atom. The van der Waals surface area contributed by atoms with Crippen molar-refractivity contribution in [3.05, 3.63) is 46.6 Å². The lowest BCUT2D eigenvalue weighted by atomic mass is 10.2. The molecule has 7 nitrogen and oxygen atoms in total. The molecule has 0 atom stereocenters. The fourth-order valence-electron chi connectivity index (χ4n) is 1.98. The Labute approximate surface area is 144 Å². The second kappa shape index (κ2) is 6.42. The average molecular weight is 364 g/mol. The first kappa shape index (κ1) is 16.2. The van der Waals surface area contributed by atoms with Gasteiger partial charge in [-0.05, 0) is 18.2 Å². The minimum absolute atomic E-state index is 0.158. The summed E-state index contributed by atoms with van der Waals surface area (Å²) in [6, 6.07) is 5.98. The quantitative estimate of drug-likeness (QED) is 0.737. The van der Waals surface area contributed by atoms with E-state index in [4.69, 9.17) is 21.4 Å². The van der Waals surface area contributed by atoms with Crippen molar-refractivity contribution in [3.8, 4) is 5.88 Å². The molecule has 24 heavy (non-hydrogen) atoms. The number of rotatable bonds is 4. The van der Waals surface area contributed by atoms with Crippen molar-refractivity contribution in [1.29, 1.82) is 0 Å². The van der Waals surface area contributed by atoms with Gasteiger partial charge in [-0.15, -0.1) is 0 Å². The minimum Gasteiger partial charge on any atom is -0.481 e. The van der Waals surface area contributed by atoms with E-state index in [1.54, 1.807) is 6.07 Å². The van der Waals surface area contributed by atoms with Gasteiger partial charge in [0.2, 0.25) is 5.88 Å². The van der Waals surface area contributed by atoms with Gasteiger partial charge >= 0.3 is 5.97 Å². The van der Waals surface area contributed by atoms with Crippen molar-refractivity contribution < 1.29 is 19.4 Å². The first-order valence-electron chi connectivity index (χ1n) is 6.62. The highest BCUT2D eigenvalue weighted by Crippen LogP contribution is 2.28. The van der Waals surface area contributed by atoms with E-state index in [2.05, 4.69) is 15.3 Å². The molecule has 0 saturated heterocycles. The molecule has 2 heterocycles. The van der Waals surface area contributed by atoms with Crippen molar-refractivity contribution >= 4 is 50.2 Å². The lowest BCUT2D eigenvalue weighted by molar-refractivity contribution is 0.0697. The number of thiazole rings is 1. The van der Waals surface area contributed by atoms with Crippen LogP contribution < -0.4 is 10.1 Å². The number of pyridine rings is 1. The van der Waals surface area contributed by atoms with Crippen molar-refractivity contribution in [2.75, 3.05) is 12.4 Å². The Bertz CT molecular complexity index is 957. The van der Waals surface area contributed by atoms with Crippen LogP contribution in [-0.2, 0) is 0 Å². The topological polar surface area (TPSA) is 101 Å². The number of amides is 1. The molecule has 0 aliphatic rings. The van der Waals surface area contributed by atoms with E-state index in [1.807, 2.05) is 0 Å². The fourth-order valence-corrected chi connectivity index (χ4v) is 3.07. The molecule has 1 aromatic carbocycles. The van der Waals surface area contributed by atoms with Crippen LogP contribution in [0, 0.1) is 0 Å². The molecule has 122 valence electrons. The summed E-state index contributed by atoms with van der Waals surface area (Å²) < 4.78 is 5.63. The highest BCUT2D eigenvalue weighted by atomic mass is 35.5. The third-order valence-electron chi connectivity index (χ3n) is 3.14. The molecule has 2 N–H and O–H groups in total. The predicted octanol–water partition coefficient (Wildman–Crippen LogP) is 3.30. The number of aromatic nitrogens is 2. The van der Waals surface area contributed by atoms with Crippen molar-refractivity contribution in [1.82, 2.24) is 9.97 Å². The summed E-state index contributed by atoms with van der Waals surface area (Å²) in [5.41, 5.74) is 0.957. The smallest absolute Gasteiger partial charge is 0.335 e. The number of hydrogen-bond acceptors (Lipinski definition) is 6. The molecule has 2 aromatic heterocycles. The van der Waals surface area contributed by atoms with Crippen LogP contribution in [0.1, 0.15) is 20.7 Å². The van der Waals surface area contributed by atoms with E-state index >= 15 is 0 Å². The van der Waals surface area contributed by atoms with Crippen LogP contribution in [0.4, 0.5) is 5.13 Å². The number of nitrogens with one attached hydrogen (secondary N) is 1. The van der Waals surface area contributed by atoms with Crippen molar-refractivity contribution in [3.63, 3.8) is 0 Å². The number of halogens is 1. The molecular weight excluding hydrogens is 354 g/mol. The van der Waals surface area contributed by atoms with Crippen LogP contribution in [0.5, 0.6) is 5.88 Å². The first-order valence-corrected chi connectivity index (χ1v) is 7.82. The zero-order valence-corrected chi connectivity index (χ0v) is 13.8. The minimum atomic E-state index is -1.02. The number of carboxylic acid groups (broad SMARTS) is 1. The summed E-state index contributed by atoms with van der Waals surface area (Å²) in [7, 11) is 1.44. The zero-order chi connectivity index (χ0) is 17.3. The molecule has 0 unspecified atom stereocenters. The number of carbonyl (C=O) groups excluding carboxylic acids is 1. The van der Waals surface area contributed by atoms with E-state index in [1.165, 1.54) is 42.8 Å². The second-order valence-corrected chi connectivity index (χ2v) is 6.11. The molecule has 0 aliphatic heterocycles. The van der Waals surface area contributed by atoms with Gasteiger partial charge < -0.3 is 9.84 Å². The maximum absolute atomic E-state index is 12.3.